The number of rotatable bonds is 17. The van der Waals surface area contributed by atoms with Crippen LogP contribution < -0.4 is 10.6 Å². The lowest BCUT2D eigenvalue weighted by atomic mass is 9.97. The summed E-state index contributed by atoms with van der Waals surface area (Å²) in [4.78, 5) is 12.8. The highest BCUT2D eigenvalue weighted by molar-refractivity contribution is 7.89. The predicted molar refractivity (Wildman–Crippen MR) is 151 cm³/mol. The molecule has 0 aliphatic rings. The first-order valence-electron chi connectivity index (χ1n) is 13.4. The first-order valence-corrected chi connectivity index (χ1v) is 15.1. The predicted octanol–water partition coefficient (Wildman–Crippen LogP) is 3.83. The number of carbonyl (C=O) groups is 1. The maximum Gasteiger partial charge on any atom is 0.221 e. The van der Waals surface area contributed by atoms with Crippen molar-refractivity contribution in [1.82, 2.24) is 14.9 Å². The van der Waals surface area contributed by atoms with Gasteiger partial charge in [0.1, 0.15) is 0 Å². The highest BCUT2D eigenvalue weighted by Crippen LogP contribution is 2.16. The summed E-state index contributed by atoms with van der Waals surface area (Å²) in [7, 11) is -3.52. The second-order valence-corrected chi connectivity index (χ2v) is 12.0. The molecule has 2 aromatic carbocycles. The van der Waals surface area contributed by atoms with Crippen LogP contribution in [0.15, 0.2) is 54.6 Å². The molecule has 3 N–H and O–H groups in total. The minimum absolute atomic E-state index is 0.140. The van der Waals surface area contributed by atoms with Gasteiger partial charge < -0.3 is 15.7 Å². The van der Waals surface area contributed by atoms with Crippen molar-refractivity contribution in [2.75, 3.05) is 25.4 Å². The van der Waals surface area contributed by atoms with E-state index in [9.17, 15) is 18.3 Å². The average molecular weight is 532 g/mol. The van der Waals surface area contributed by atoms with Gasteiger partial charge in [0.25, 0.3) is 0 Å². The number of nitrogens with zero attached hydrogens (tertiary/aromatic N) is 1. The van der Waals surface area contributed by atoms with Crippen molar-refractivity contribution in [3.8, 4) is 0 Å². The Morgan fingerprint density at radius 3 is 2.14 bits per heavy atom. The van der Waals surface area contributed by atoms with Crippen LogP contribution in [0.2, 0.25) is 0 Å². The highest BCUT2D eigenvalue weighted by Gasteiger charge is 2.25. The van der Waals surface area contributed by atoms with E-state index in [1.165, 1.54) is 9.87 Å². The van der Waals surface area contributed by atoms with Crippen LogP contribution in [-0.2, 0) is 27.8 Å². The summed E-state index contributed by atoms with van der Waals surface area (Å²) < 4.78 is 27.0. The Kier molecular flexibility index (Phi) is 13.3. The Bertz CT molecular complexity index is 1020. The number of aliphatic hydroxyl groups excluding tert-OH is 1. The van der Waals surface area contributed by atoms with Crippen LogP contribution in [0.5, 0.6) is 0 Å². The second kappa shape index (κ2) is 15.9. The summed E-state index contributed by atoms with van der Waals surface area (Å²) in [6.45, 7) is 9.96. The first kappa shape index (κ1) is 31.0. The fraction of sp³-hybridized carbons (Fsp3) is 0.552. The van der Waals surface area contributed by atoms with Crippen LogP contribution in [-0.4, -0.2) is 61.3 Å². The van der Waals surface area contributed by atoms with E-state index in [-0.39, 0.29) is 18.1 Å². The van der Waals surface area contributed by atoms with Gasteiger partial charge in [-0.2, -0.15) is 0 Å². The molecule has 37 heavy (non-hydrogen) atoms. The molecular formula is C29H45N3O4S. The topological polar surface area (TPSA) is 98.7 Å². The van der Waals surface area contributed by atoms with Crippen LogP contribution in [0, 0.1) is 0 Å². The van der Waals surface area contributed by atoms with E-state index in [1.54, 1.807) is 0 Å². The SMILES string of the molecule is CCCN(CCC)S(=O)(=O)CCC(=O)N[C@@H](Cc1ccc(C(C)C)cc1)[C@@H](O)CNCc1ccccc1. The quantitative estimate of drug-likeness (QED) is 0.288. The van der Waals surface area contributed by atoms with Gasteiger partial charge in [0.2, 0.25) is 15.9 Å². The molecule has 0 bridgehead atoms. The molecule has 0 heterocycles. The lowest BCUT2D eigenvalue weighted by Gasteiger charge is -2.26. The van der Waals surface area contributed by atoms with E-state index in [2.05, 4.69) is 36.6 Å². The van der Waals surface area contributed by atoms with E-state index in [1.807, 2.05) is 56.3 Å². The molecule has 0 radical (unpaired) electrons. The number of carbonyl (C=O) groups excluding carboxylic acids is 1. The van der Waals surface area contributed by atoms with E-state index in [0.29, 0.717) is 38.5 Å². The lowest BCUT2D eigenvalue weighted by molar-refractivity contribution is -0.122. The zero-order chi connectivity index (χ0) is 27.3. The molecule has 0 unspecified atom stereocenters. The summed E-state index contributed by atoms with van der Waals surface area (Å²) in [5.41, 5.74) is 3.33. The van der Waals surface area contributed by atoms with Gasteiger partial charge in [-0.3, -0.25) is 4.79 Å². The highest BCUT2D eigenvalue weighted by atomic mass is 32.2. The third-order valence-electron chi connectivity index (χ3n) is 6.36. The van der Waals surface area contributed by atoms with Gasteiger partial charge >= 0.3 is 0 Å². The van der Waals surface area contributed by atoms with Crippen molar-refractivity contribution in [3.05, 3.63) is 71.3 Å². The molecule has 2 aromatic rings. The molecule has 2 rings (SSSR count). The molecule has 0 aliphatic carbocycles. The third-order valence-corrected chi connectivity index (χ3v) is 8.24. The zero-order valence-corrected chi connectivity index (χ0v) is 23.6. The van der Waals surface area contributed by atoms with Gasteiger partial charge in [-0.25, -0.2) is 12.7 Å². The fourth-order valence-corrected chi connectivity index (χ4v) is 5.82. The number of aliphatic hydroxyl groups is 1. The average Bonchev–Trinajstić information content (AvgIpc) is 2.88. The van der Waals surface area contributed by atoms with Crippen molar-refractivity contribution < 1.29 is 18.3 Å². The number of hydrogen-bond acceptors (Lipinski definition) is 5. The van der Waals surface area contributed by atoms with Crippen molar-refractivity contribution in [2.45, 2.75) is 78.0 Å². The summed E-state index contributed by atoms with van der Waals surface area (Å²) in [6, 6.07) is 17.5. The van der Waals surface area contributed by atoms with Crippen LogP contribution >= 0.6 is 0 Å². The minimum atomic E-state index is -3.52. The molecule has 1 amide bonds. The maximum atomic E-state index is 12.8. The second-order valence-electron chi connectivity index (χ2n) is 9.92. The molecule has 8 heteroatoms. The van der Waals surface area contributed by atoms with Gasteiger partial charge in [0, 0.05) is 32.6 Å². The Morgan fingerprint density at radius 1 is 0.946 bits per heavy atom. The van der Waals surface area contributed by atoms with E-state index < -0.39 is 22.2 Å². The lowest BCUT2D eigenvalue weighted by Crippen LogP contribution is -2.49. The molecule has 0 fully saturated rings. The normalized spacial score (nSPS) is 13.6. The van der Waals surface area contributed by atoms with Gasteiger partial charge in [0.05, 0.1) is 17.9 Å². The standard InChI is InChI=1S/C29H45N3O4S/c1-5-17-32(18-6-2)37(35,36)19-16-29(34)31-27(20-24-12-14-26(15-13-24)23(3)4)28(33)22-30-21-25-10-8-7-9-11-25/h7-15,23,27-28,30,33H,5-6,16-22H2,1-4H3,(H,31,34)/t27-,28-/m0/s1. The molecule has 2 atom stereocenters. The Hall–Kier alpha value is -2.26. The van der Waals surface area contributed by atoms with Gasteiger partial charge in [-0.15, -0.1) is 0 Å². The Morgan fingerprint density at radius 2 is 1.57 bits per heavy atom. The summed E-state index contributed by atoms with van der Waals surface area (Å²) in [5, 5.41) is 17.2. The molecule has 0 spiro atoms. The summed E-state index contributed by atoms with van der Waals surface area (Å²) in [5.74, 6) is -0.196. The van der Waals surface area contributed by atoms with Gasteiger partial charge in [-0.1, -0.05) is 82.3 Å². The van der Waals surface area contributed by atoms with Gasteiger partial charge in [-0.05, 0) is 41.9 Å². The Balaban J connectivity index is 2.04. The molecule has 0 aliphatic heterocycles. The van der Waals surface area contributed by atoms with Crippen molar-refractivity contribution in [2.24, 2.45) is 0 Å². The monoisotopic (exact) mass is 531 g/mol. The first-order chi connectivity index (χ1) is 17.7. The smallest absolute Gasteiger partial charge is 0.221 e. The fourth-order valence-electron chi connectivity index (χ4n) is 4.20. The number of benzene rings is 2. The summed E-state index contributed by atoms with van der Waals surface area (Å²) >= 11 is 0. The third kappa shape index (κ3) is 10.9. The Labute approximate surface area is 223 Å². The largest absolute Gasteiger partial charge is 0.390 e. The van der Waals surface area contributed by atoms with Crippen molar-refractivity contribution >= 4 is 15.9 Å². The molecule has 7 nitrogen and oxygen atoms in total. The number of hydrogen-bond donors (Lipinski definition) is 3. The molecular weight excluding hydrogens is 486 g/mol. The summed E-state index contributed by atoms with van der Waals surface area (Å²) in [6.07, 6.45) is 0.921. The van der Waals surface area contributed by atoms with Crippen molar-refractivity contribution in [3.63, 3.8) is 0 Å². The van der Waals surface area contributed by atoms with Crippen LogP contribution in [0.1, 0.15) is 69.6 Å². The van der Waals surface area contributed by atoms with Crippen LogP contribution in [0.3, 0.4) is 0 Å². The van der Waals surface area contributed by atoms with E-state index in [0.717, 1.165) is 24.0 Å². The zero-order valence-electron chi connectivity index (χ0n) is 22.8. The minimum Gasteiger partial charge on any atom is -0.390 e. The molecule has 0 saturated heterocycles. The number of amides is 1. The van der Waals surface area contributed by atoms with Crippen LogP contribution in [0.25, 0.3) is 0 Å². The number of nitrogens with one attached hydrogen (secondary N) is 2. The van der Waals surface area contributed by atoms with Crippen molar-refractivity contribution in [1.29, 1.82) is 0 Å². The number of sulfonamides is 1. The molecule has 0 aromatic heterocycles. The molecule has 206 valence electrons. The van der Waals surface area contributed by atoms with Crippen LogP contribution in [0.4, 0.5) is 0 Å². The van der Waals surface area contributed by atoms with E-state index in [4.69, 9.17) is 0 Å². The van der Waals surface area contributed by atoms with E-state index >= 15 is 0 Å². The van der Waals surface area contributed by atoms with Gasteiger partial charge in [0.15, 0.2) is 0 Å². The maximum absolute atomic E-state index is 12.8. The molecule has 0 saturated carbocycles.